The van der Waals surface area contributed by atoms with Crippen LogP contribution in [0.2, 0.25) is 0 Å². The Morgan fingerprint density at radius 1 is 1.24 bits per heavy atom. The summed E-state index contributed by atoms with van der Waals surface area (Å²) in [7, 11) is 2.23. The normalized spacial score (nSPS) is 21.9. The van der Waals surface area contributed by atoms with Crippen LogP contribution in [-0.4, -0.2) is 48.1 Å². The number of nitrogens with zero attached hydrogens (tertiary/aromatic N) is 2. The second-order valence-corrected chi connectivity index (χ2v) is 7.25. The van der Waals surface area contributed by atoms with E-state index in [2.05, 4.69) is 62.0 Å². The van der Waals surface area contributed by atoms with Crippen LogP contribution in [0.4, 0.5) is 0 Å². The molecule has 120 valence electrons. The monoisotopic (exact) mass is 293 g/mol. The van der Waals surface area contributed by atoms with Gasteiger partial charge in [0.25, 0.3) is 0 Å². The van der Waals surface area contributed by atoms with E-state index in [1.54, 1.807) is 0 Å². The molecule has 1 aliphatic rings. The number of hydrogen-bond acceptors (Lipinski definition) is 4. The maximum absolute atomic E-state index is 5.96. The molecule has 0 aliphatic carbocycles. The minimum Gasteiger partial charge on any atom is -0.463 e. The Hall–Kier alpha value is -0.840. The number of nitrogens with one attached hydrogen (secondary N) is 1. The predicted molar refractivity (Wildman–Crippen MR) is 87.3 cm³/mol. The lowest BCUT2D eigenvalue weighted by Crippen LogP contribution is -2.50. The van der Waals surface area contributed by atoms with Gasteiger partial charge in [-0.15, -0.1) is 0 Å². The maximum Gasteiger partial charge on any atom is 0.118 e. The molecule has 1 fully saturated rings. The quantitative estimate of drug-likeness (QED) is 0.904. The first-order chi connectivity index (χ1) is 9.87. The molecule has 1 saturated heterocycles. The van der Waals surface area contributed by atoms with Gasteiger partial charge in [0.1, 0.15) is 11.5 Å². The average Bonchev–Trinajstić information content (AvgIpc) is 2.85. The molecule has 0 bridgehead atoms. The standard InChI is InChI=1S/C17H31N3O/c1-6-14-12-20(10-9-19(14)5)13-16-8-7-15(21-16)11-18-17(2,3)4/h7-8,14,18H,6,9-13H2,1-5H3. The molecule has 4 heteroatoms. The van der Waals surface area contributed by atoms with Crippen LogP contribution >= 0.6 is 0 Å². The van der Waals surface area contributed by atoms with Crippen LogP contribution in [0.5, 0.6) is 0 Å². The summed E-state index contributed by atoms with van der Waals surface area (Å²) in [5, 5.41) is 3.46. The molecule has 1 unspecified atom stereocenters. The first-order valence-electron chi connectivity index (χ1n) is 8.12. The van der Waals surface area contributed by atoms with Gasteiger partial charge >= 0.3 is 0 Å². The highest BCUT2D eigenvalue weighted by Crippen LogP contribution is 2.16. The molecule has 2 heterocycles. The van der Waals surface area contributed by atoms with E-state index in [0.717, 1.165) is 44.2 Å². The van der Waals surface area contributed by atoms with Gasteiger partial charge < -0.3 is 14.6 Å². The number of hydrogen-bond donors (Lipinski definition) is 1. The molecule has 2 rings (SSSR count). The van der Waals surface area contributed by atoms with Gasteiger partial charge in [-0.1, -0.05) is 6.92 Å². The van der Waals surface area contributed by atoms with Crippen molar-refractivity contribution in [1.82, 2.24) is 15.1 Å². The lowest BCUT2D eigenvalue weighted by atomic mass is 10.1. The summed E-state index contributed by atoms with van der Waals surface area (Å²) in [5.41, 5.74) is 0.124. The van der Waals surface area contributed by atoms with Crippen LogP contribution in [0.1, 0.15) is 45.6 Å². The topological polar surface area (TPSA) is 31.6 Å². The van der Waals surface area contributed by atoms with Gasteiger partial charge in [0.05, 0.1) is 13.1 Å². The molecule has 0 amide bonds. The summed E-state index contributed by atoms with van der Waals surface area (Å²) in [6.07, 6.45) is 1.21. The Kier molecular flexibility index (Phi) is 5.47. The highest BCUT2D eigenvalue weighted by atomic mass is 16.3. The molecule has 1 aliphatic heterocycles. The Balaban J connectivity index is 1.85. The molecule has 0 spiro atoms. The van der Waals surface area contributed by atoms with E-state index in [1.807, 2.05) is 0 Å². The fourth-order valence-electron chi connectivity index (χ4n) is 2.77. The van der Waals surface area contributed by atoms with E-state index in [9.17, 15) is 0 Å². The first kappa shape index (κ1) is 16.5. The van der Waals surface area contributed by atoms with E-state index < -0.39 is 0 Å². The van der Waals surface area contributed by atoms with E-state index in [4.69, 9.17) is 4.42 Å². The van der Waals surface area contributed by atoms with Crippen LogP contribution in [0.15, 0.2) is 16.5 Å². The van der Waals surface area contributed by atoms with E-state index >= 15 is 0 Å². The van der Waals surface area contributed by atoms with Crippen molar-refractivity contribution >= 4 is 0 Å². The van der Waals surface area contributed by atoms with Crippen molar-refractivity contribution in [2.45, 2.75) is 58.8 Å². The minimum atomic E-state index is 0.124. The van der Waals surface area contributed by atoms with Crippen LogP contribution < -0.4 is 5.32 Å². The largest absolute Gasteiger partial charge is 0.463 e. The third kappa shape index (κ3) is 5.13. The molecule has 1 aromatic heterocycles. The van der Waals surface area contributed by atoms with Gasteiger partial charge in [0.2, 0.25) is 0 Å². The van der Waals surface area contributed by atoms with Crippen LogP contribution in [-0.2, 0) is 13.1 Å². The van der Waals surface area contributed by atoms with E-state index in [0.29, 0.717) is 6.04 Å². The van der Waals surface area contributed by atoms with Crippen molar-refractivity contribution in [3.05, 3.63) is 23.7 Å². The van der Waals surface area contributed by atoms with Gasteiger partial charge in [-0.25, -0.2) is 0 Å². The van der Waals surface area contributed by atoms with Gasteiger partial charge in [0, 0.05) is 31.2 Å². The Labute approximate surface area is 129 Å². The smallest absolute Gasteiger partial charge is 0.118 e. The summed E-state index contributed by atoms with van der Waals surface area (Å²) in [6, 6.07) is 4.90. The van der Waals surface area contributed by atoms with Crippen molar-refractivity contribution in [3.8, 4) is 0 Å². The fourth-order valence-corrected chi connectivity index (χ4v) is 2.77. The Morgan fingerprint density at radius 3 is 2.62 bits per heavy atom. The van der Waals surface area contributed by atoms with Crippen LogP contribution in [0, 0.1) is 0 Å². The average molecular weight is 293 g/mol. The highest BCUT2D eigenvalue weighted by molar-refractivity contribution is 5.07. The number of furan rings is 1. The Bertz CT molecular complexity index is 435. The zero-order valence-electron chi connectivity index (χ0n) is 14.3. The molecule has 1 atom stereocenters. The molecule has 1 N–H and O–H groups in total. The summed E-state index contributed by atoms with van der Waals surface area (Å²) < 4.78 is 5.96. The number of rotatable bonds is 5. The second kappa shape index (κ2) is 6.95. The van der Waals surface area contributed by atoms with Gasteiger partial charge in [-0.05, 0) is 46.4 Å². The van der Waals surface area contributed by atoms with Crippen LogP contribution in [0.25, 0.3) is 0 Å². The molecule has 0 aromatic carbocycles. The third-order valence-corrected chi connectivity index (χ3v) is 4.22. The van der Waals surface area contributed by atoms with Crippen molar-refractivity contribution in [1.29, 1.82) is 0 Å². The zero-order chi connectivity index (χ0) is 15.5. The molecule has 4 nitrogen and oxygen atoms in total. The molecule has 1 aromatic rings. The molecular formula is C17H31N3O. The van der Waals surface area contributed by atoms with Crippen LogP contribution in [0.3, 0.4) is 0 Å². The number of likely N-dealkylation sites (N-methyl/N-ethyl adjacent to an activating group) is 1. The summed E-state index contributed by atoms with van der Waals surface area (Å²) in [4.78, 5) is 4.98. The summed E-state index contributed by atoms with van der Waals surface area (Å²) in [6.45, 7) is 13.9. The summed E-state index contributed by atoms with van der Waals surface area (Å²) >= 11 is 0. The van der Waals surface area contributed by atoms with Crippen molar-refractivity contribution < 1.29 is 4.42 Å². The van der Waals surface area contributed by atoms with Crippen molar-refractivity contribution in [3.63, 3.8) is 0 Å². The van der Waals surface area contributed by atoms with Gasteiger partial charge in [-0.2, -0.15) is 0 Å². The minimum absolute atomic E-state index is 0.124. The summed E-state index contributed by atoms with van der Waals surface area (Å²) in [5.74, 6) is 2.11. The van der Waals surface area contributed by atoms with E-state index in [1.165, 1.54) is 6.42 Å². The number of piperazine rings is 1. The predicted octanol–water partition coefficient (Wildman–Crippen LogP) is 2.69. The maximum atomic E-state index is 5.96. The first-order valence-corrected chi connectivity index (χ1v) is 8.12. The SMILES string of the molecule is CCC1CN(Cc2ccc(CNC(C)(C)C)o2)CCN1C. The molecule has 0 radical (unpaired) electrons. The van der Waals surface area contributed by atoms with E-state index in [-0.39, 0.29) is 5.54 Å². The van der Waals surface area contributed by atoms with Gasteiger partial charge in [-0.3, -0.25) is 4.90 Å². The lowest BCUT2D eigenvalue weighted by Gasteiger charge is -2.38. The van der Waals surface area contributed by atoms with Crippen molar-refractivity contribution in [2.75, 3.05) is 26.7 Å². The second-order valence-electron chi connectivity index (χ2n) is 7.25. The molecule has 0 saturated carbocycles. The zero-order valence-corrected chi connectivity index (χ0v) is 14.3. The highest BCUT2D eigenvalue weighted by Gasteiger charge is 2.23. The third-order valence-electron chi connectivity index (χ3n) is 4.22. The molecular weight excluding hydrogens is 262 g/mol. The fraction of sp³-hybridized carbons (Fsp3) is 0.765. The molecule has 21 heavy (non-hydrogen) atoms. The van der Waals surface area contributed by atoms with Gasteiger partial charge in [0.15, 0.2) is 0 Å². The van der Waals surface area contributed by atoms with Crippen molar-refractivity contribution in [2.24, 2.45) is 0 Å². The Morgan fingerprint density at radius 2 is 1.95 bits per heavy atom. The lowest BCUT2D eigenvalue weighted by molar-refractivity contribution is 0.0832.